The summed E-state index contributed by atoms with van der Waals surface area (Å²) in [4.78, 5) is 59.1. The van der Waals surface area contributed by atoms with Gasteiger partial charge in [-0.2, -0.15) is 0 Å². The molecule has 17 heteroatoms. The number of nitrogens with one attached hydrogen (secondary N) is 1. The van der Waals surface area contributed by atoms with E-state index < -0.39 is 5.60 Å². The standard InChI is InChI=1S/C19H30N2O2.C17H25NO.C16H26N2.C16H28N2.C15H22N2O.C14H21NO.C13H16N2/c1-18(2,3)15-7-9-16(10-8-15)20-11-13-21(14-12-20)17(22)23-19(4,5)6;1-13(19)14-9-11-18(12-10-14)16-7-5-15(6-8-16)17(2,3)4;1-12-10-18(11-13(2)17-12)15-8-6-14(7-9-15)16(3,4)5;1-16(2,3)14-8-10-15(11-9-14)18(6)13-7-12-17(4)5;1-15(2,3)12-5-7-13(8-6-12)17-10-9-16(4)14(18)11-17;1-14(2,3)12-4-6-13(7-5-12)15-8-10-16-11-9-15;1-13(2,3)11-4-6-12(7-5-11)15-9-8-14-10-15/h7-10H,11-14H2,1-6H3;5-8,14H,9-12H2,1-4H3;6-9,12-13,17H,10-11H2,1-5H3;8-11H,7,12-13H2,1-6H3;5-8H,9-11H2,1-4H3;4-7H,8-11H2,1-3H3;4-10H,1-3H3. The number of likely N-dealkylation sites (N-methyl/N-ethyl adjacent to an activating group) is 1. The molecule has 1 N–H and O–H groups in total. The molecule has 2 amide bonds. The fraction of sp³-hybridized carbons (Fsp3) is 0.564. The molecule has 1 aromatic heterocycles. The number of anilines is 6. The molecule has 2 atom stereocenters. The number of benzene rings is 7. The van der Waals surface area contributed by atoms with E-state index in [-0.39, 0.29) is 55.8 Å². The number of carbonyl (C=O) groups is 3. The molecule has 7 aromatic carbocycles. The molecule has 17 nitrogen and oxygen atoms in total. The molecule has 5 fully saturated rings. The van der Waals surface area contributed by atoms with Crippen molar-refractivity contribution in [3.8, 4) is 5.69 Å². The van der Waals surface area contributed by atoms with Gasteiger partial charge in [0.1, 0.15) is 11.4 Å². The van der Waals surface area contributed by atoms with Crippen LogP contribution in [0.25, 0.3) is 5.69 Å². The second kappa shape index (κ2) is 46.4. The van der Waals surface area contributed by atoms with Gasteiger partial charge in [0.15, 0.2) is 0 Å². The third kappa shape index (κ3) is 35.0. The molecule has 5 aliphatic rings. The summed E-state index contributed by atoms with van der Waals surface area (Å²) < 4.78 is 12.8. The van der Waals surface area contributed by atoms with E-state index in [0.29, 0.717) is 37.5 Å². The number of piperidine rings is 1. The molecular formula is C110H168N12O5. The Morgan fingerprint density at radius 2 is 0.740 bits per heavy atom. The number of aromatic nitrogens is 2. The molecule has 13 rings (SSSR count). The number of ether oxygens (including phenoxy) is 2. The molecule has 5 aliphatic heterocycles. The maximum Gasteiger partial charge on any atom is 0.410 e. The fourth-order valence-corrected chi connectivity index (χ4v) is 15.7. The second-order valence-corrected chi connectivity index (χ2v) is 44.2. The van der Waals surface area contributed by atoms with Crippen LogP contribution in [-0.4, -0.2) is 199 Å². The van der Waals surface area contributed by atoms with Crippen molar-refractivity contribution in [2.45, 2.75) is 262 Å². The van der Waals surface area contributed by atoms with Crippen LogP contribution >= 0.6 is 0 Å². The smallest absolute Gasteiger partial charge is 0.410 e. The SMILES string of the molecule is CC(=O)C1CCN(c2ccc(C(C)(C)C)cc2)CC1.CC(C)(C)OC(=O)N1CCN(c2ccc(C(C)(C)C)cc2)CC1.CC(C)(C)c1ccc(-n2ccnc2)cc1.CC(C)(C)c1ccc(N2CCOCC2)cc1.CC1CN(c2ccc(C(C)(C)C)cc2)CC(C)N1.CN(C)CCCN(C)c1ccc(C(C)(C)C)cc1.CN1CCN(c2ccc(C(C)(C)C)cc2)CC1=O. The summed E-state index contributed by atoms with van der Waals surface area (Å²) in [5, 5.41) is 3.57. The van der Waals surface area contributed by atoms with Crippen molar-refractivity contribution in [1.82, 2.24) is 29.6 Å². The highest BCUT2D eigenvalue weighted by Crippen LogP contribution is 2.34. The summed E-state index contributed by atoms with van der Waals surface area (Å²) in [6.07, 6.45) is 8.54. The van der Waals surface area contributed by atoms with Crippen LogP contribution in [0, 0.1) is 5.92 Å². The first-order chi connectivity index (χ1) is 59.1. The van der Waals surface area contributed by atoms with Gasteiger partial charge in [-0.3, -0.25) is 9.59 Å². The number of piperazine rings is 3. The zero-order valence-electron chi connectivity index (χ0n) is 84.7. The first kappa shape index (κ1) is 105. The second-order valence-electron chi connectivity index (χ2n) is 44.2. The Morgan fingerprint density at radius 3 is 1.06 bits per heavy atom. The average molecular weight is 1740 g/mol. The lowest BCUT2D eigenvalue weighted by Crippen LogP contribution is -2.54. The molecule has 0 saturated carbocycles. The summed E-state index contributed by atoms with van der Waals surface area (Å²) >= 11 is 0. The summed E-state index contributed by atoms with van der Waals surface area (Å²) in [6.45, 7) is 74.3. The number of imidazole rings is 1. The van der Waals surface area contributed by atoms with Crippen molar-refractivity contribution in [2.75, 3.05) is 169 Å². The summed E-state index contributed by atoms with van der Waals surface area (Å²) in [6, 6.07) is 63.0. The van der Waals surface area contributed by atoms with Crippen LogP contribution in [-0.2, 0) is 57.0 Å². The molecule has 698 valence electrons. The highest BCUT2D eigenvalue weighted by Gasteiger charge is 2.30. The van der Waals surface area contributed by atoms with Crippen molar-refractivity contribution in [1.29, 1.82) is 0 Å². The first-order valence-electron chi connectivity index (χ1n) is 47.0. The largest absolute Gasteiger partial charge is 0.444 e. The number of rotatable bonds is 12. The molecule has 127 heavy (non-hydrogen) atoms. The molecule has 8 aromatic rings. The molecule has 2 unspecified atom stereocenters. The maximum atomic E-state index is 12.1. The maximum absolute atomic E-state index is 12.1. The Bertz CT molecular complexity index is 4510. The van der Waals surface area contributed by atoms with Gasteiger partial charge >= 0.3 is 6.09 Å². The van der Waals surface area contributed by atoms with E-state index in [1.165, 1.54) is 73.8 Å². The topological polar surface area (TPSA) is 129 Å². The Balaban J connectivity index is 0.000000204. The monoisotopic (exact) mass is 1740 g/mol. The van der Waals surface area contributed by atoms with Crippen LogP contribution in [0.15, 0.2) is 189 Å². The third-order valence-electron chi connectivity index (χ3n) is 24.3. The van der Waals surface area contributed by atoms with Gasteiger partial charge < -0.3 is 63.5 Å². The van der Waals surface area contributed by atoms with Crippen molar-refractivity contribution >= 4 is 51.9 Å². The zero-order chi connectivity index (χ0) is 94.2. The van der Waals surface area contributed by atoms with Crippen LogP contribution in [0.2, 0.25) is 0 Å². The van der Waals surface area contributed by atoms with Crippen molar-refractivity contribution < 1.29 is 23.9 Å². The van der Waals surface area contributed by atoms with Gasteiger partial charge in [0.25, 0.3) is 0 Å². The van der Waals surface area contributed by atoms with Crippen LogP contribution in [0.3, 0.4) is 0 Å². The van der Waals surface area contributed by atoms with Gasteiger partial charge in [-0.15, -0.1) is 0 Å². The minimum atomic E-state index is -0.434. The van der Waals surface area contributed by atoms with E-state index in [1.54, 1.807) is 22.9 Å². The predicted octanol–water partition coefficient (Wildman–Crippen LogP) is 22.6. The van der Waals surface area contributed by atoms with Crippen LogP contribution in [0.4, 0.5) is 38.9 Å². The van der Waals surface area contributed by atoms with Crippen LogP contribution in [0.5, 0.6) is 0 Å². The van der Waals surface area contributed by atoms with E-state index in [0.717, 1.165) is 116 Å². The van der Waals surface area contributed by atoms with Crippen molar-refractivity contribution in [3.05, 3.63) is 228 Å². The van der Waals surface area contributed by atoms with Crippen molar-refractivity contribution in [2.24, 2.45) is 5.92 Å². The molecular weight excluding hydrogens is 1570 g/mol. The Labute approximate surface area is 770 Å². The number of ketones is 1. The number of carbonyl (C=O) groups excluding carboxylic acids is 3. The summed E-state index contributed by atoms with van der Waals surface area (Å²) in [5.74, 6) is 0.828. The molecule has 5 saturated heterocycles. The van der Waals surface area contributed by atoms with E-state index in [2.05, 4.69) is 395 Å². The molecule has 6 heterocycles. The van der Waals surface area contributed by atoms with Crippen LogP contribution < -0.4 is 34.7 Å². The van der Waals surface area contributed by atoms with Gasteiger partial charge in [-0.25, -0.2) is 9.78 Å². The lowest BCUT2D eigenvalue weighted by molar-refractivity contribution is -0.129. The molecule has 0 aliphatic carbocycles. The van der Waals surface area contributed by atoms with E-state index in [9.17, 15) is 14.4 Å². The molecule has 0 spiro atoms. The van der Waals surface area contributed by atoms with Crippen LogP contribution in [0.1, 0.15) is 245 Å². The number of nitrogens with zero attached hydrogens (tertiary/aromatic N) is 11. The van der Waals surface area contributed by atoms with Gasteiger partial charge in [0.05, 0.1) is 26.1 Å². The van der Waals surface area contributed by atoms with Gasteiger partial charge in [-0.1, -0.05) is 230 Å². The fourth-order valence-electron chi connectivity index (χ4n) is 15.7. The number of Topliss-reactive ketones (excluding diaryl/α,β-unsaturated/α-hetero) is 1. The number of hydrogen-bond donors (Lipinski definition) is 1. The van der Waals surface area contributed by atoms with Crippen molar-refractivity contribution in [3.63, 3.8) is 0 Å². The Hall–Kier alpha value is -9.16. The number of morpholine rings is 1. The minimum Gasteiger partial charge on any atom is -0.444 e. The van der Waals surface area contributed by atoms with E-state index in [1.807, 2.05) is 44.9 Å². The average Bonchev–Trinajstić information content (AvgIpc) is 1.63. The number of amides is 2. The van der Waals surface area contributed by atoms with Gasteiger partial charge in [-0.05, 0) is 243 Å². The lowest BCUT2D eigenvalue weighted by Gasteiger charge is -2.38. The molecule has 0 radical (unpaired) electrons. The van der Waals surface area contributed by atoms with E-state index >= 15 is 0 Å². The Kier molecular flexibility index (Phi) is 38.3. The highest BCUT2D eigenvalue weighted by atomic mass is 16.6. The lowest BCUT2D eigenvalue weighted by atomic mass is 9.87. The predicted molar refractivity (Wildman–Crippen MR) is 542 cm³/mol. The van der Waals surface area contributed by atoms with Gasteiger partial charge in [0, 0.05) is 169 Å². The number of hydrogen-bond acceptors (Lipinski definition) is 14. The minimum absolute atomic E-state index is 0.175. The quantitative estimate of drug-likeness (QED) is 0.125. The Morgan fingerprint density at radius 1 is 0.417 bits per heavy atom. The normalized spacial score (nSPS) is 16.9. The highest BCUT2D eigenvalue weighted by molar-refractivity contribution is 5.82. The zero-order valence-corrected chi connectivity index (χ0v) is 84.7. The van der Waals surface area contributed by atoms with E-state index in [4.69, 9.17) is 9.47 Å². The summed E-state index contributed by atoms with van der Waals surface area (Å²) in [5.41, 5.74) is 19.4. The summed E-state index contributed by atoms with van der Waals surface area (Å²) in [7, 11) is 8.28. The van der Waals surface area contributed by atoms with Gasteiger partial charge in [0.2, 0.25) is 5.91 Å². The first-order valence-corrected chi connectivity index (χ1v) is 47.0. The third-order valence-corrected chi connectivity index (χ3v) is 24.3. The molecule has 0 bridgehead atoms.